The fourth-order valence-corrected chi connectivity index (χ4v) is 1.32. The average Bonchev–Trinajstić information content (AvgIpc) is 1.85. The molecule has 3 heteroatoms. The number of aromatic nitrogens is 1. The fourth-order valence-electron chi connectivity index (χ4n) is 0.909. The zero-order valence-electron chi connectivity index (χ0n) is 6.29. The Bertz CT molecular complexity index is 237. The highest BCUT2D eigenvalue weighted by atomic mass is 79.9. The van der Waals surface area contributed by atoms with Crippen molar-refractivity contribution in [1.29, 1.82) is 0 Å². The Kier molecular flexibility index (Phi) is 3.02. The van der Waals surface area contributed by atoms with Crippen molar-refractivity contribution in [3.05, 3.63) is 28.5 Å². The van der Waals surface area contributed by atoms with Crippen LogP contribution in [0.25, 0.3) is 0 Å². The molecule has 0 aromatic carbocycles. The van der Waals surface area contributed by atoms with Gasteiger partial charge < -0.3 is 5.11 Å². The van der Waals surface area contributed by atoms with E-state index in [9.17, 15) is 0 Å². The molecule has 1 rings (SSSR count). The minimum absolute atomic E-state index is 0.300. The van der Waals surface area contributed by atoms with E-state index >= 15 is 0 Å². The van der Waals surface area contributed by atoms with Gasteiger partial charge in [0.1, 0.15) is 0 Å². The number of nitrogens with zero attached hydrogens (tertiary/aromatic N) is 1. The highest BCUT2D eigenvalue weighted by molar-refractivity contribution is 9.10. The Labute approximate surface area is 74.4 Å². The van der Waals surface area contributed by atoms with Gasteiger partial charge >= 0.3 is 0 Å². The molecule has 11 heavy (non-hydrogen) atoms. The van der Waals surface area contributed by atoms with E-state index in [2.05, 4.69) is 20.9 Å². The minimum atomic E-state index is -0.300. The van der Waals surface area contributed by atoms with Crippen molar-refractivity contribution >= 4 is 15.9 Å². The number of aliphatic hydroxyl groups excluding tert-OH is 1. The lowest BCUT2D eigenvalue weighted by atomic mass is 10.1. The van der Waals surface area contributed by atoms with E-state index in [1.165, 1.54) is 0 Å². The maximum atomic E-state index is 9.05. The molecule has 0 spiro atoms. The first-order chi connectivity index (χ1) is 5.18. The number of halogens is 1. The van der Waals surface area contributed by atoms with E-state index in [0.717, 1.165) is 10.0 Å². The molecule has 1 aromatic rings. The van der Waals surface area contributed by atoms with Gasteiger partial charge in [0.25, 0.3) is 0 Å². The normalized spacial score (nSPS) is 13.0. The van der Waals surface area contributed by atoms with Crippen molar-refractivity contribution in [2.75, 3.05) is 0 Å². The van der Waals surface area contributed by atoms with E-state index in [0.29, 0.717) is 6.42 Å². The van der Waals surface area contributed by atoms with Crippen LogP contribution in [0.15, 0.2) is 22.9 Å². The Morgan fingerprint density at radius 1 is 1.64 bits per heavy atom. The van der Waals surface area contributed by atoms with E-state index < -0.39 is 0 Å². The highest BCUT2D eigenvalue weighted by Gasteiger charge is 1.98. The van der Waals surface area contributed by atoms with Crippen LogP contribution in [-0.2, 0) is 6.42 Å². The second kappa shape index (κ2) is 3.83. The van der Waals surface area contributed by atoms with Crippen LogP contribution >= 0.6 is 15.9 Å². The predicted octanol–water partition coefficient (Wildman–Crippen LogP) is 1.77. The Hall–Kier alpha value is -0.410. The molecule has 0 saturated carbocycles. The third-order valence-corrected chi connectivity index (χ3v) is 1.73. The molecule has 1 heterocycles. The largest absolute Gasteiger partial charge is 0.393 e. The molecule has 0 aliphatic rings. The summed E-state index contributed by atoms with van der Waals surface area (Å²) in [6.45, 7) is 1.76. The number of rotatable bonds is 2. The number of pyridine rings is 1. The van der Waals surface area contributed by atoms with E-state index in [1.807, 2.05) is 6.07 Å². The maximum Gasteiger partial charge on any atom is 0.0553 e. The van der Waals surface area contributed by atoms with Crippen molar-refractivity contribution in [3.63, 3.8) is 0 Å². The molecule has 0 aliphatic heterocycles. The number of aliphatic hydroxyl groups is 1. The zero-order valence-corrected chi connectivity index (χ0v) is 7.87. The van der Waals surface area contributed by atoms with Gasteiger partial charge in [0, 0.05) is 16.9 Å². The first kappa shape index (κ1) is 8.68. The molecule has 0 radical (unpaired) electrons. The van der Waals surface area contributed by atoms with Crippen LogP contribution in [0.2, 0.25) is 0 Å². The second-order valence-corrected chi connectivity index (χ2v) is 3.48. The van der Waals surface area contributed by atoms with Crippen molar-refractivity contribution in [2.24, 2.45) is 0 Å². The van der Waals surface area contributed by atoms with E-state index in [1.54, 1.807) is 19.3 Å². The van der Waals surface area contributed by atoms with E-state index in [-0.39, 0.29) is 6.10 Å². The summed E-state index contributed by atoms with van der Waals surface area (Å²) in [7, 11) is 0. The number of hydrogen-bond acceptors (Lipinski definition) is 2. The lowest BCUT2D eigenvalue weighted by molar-refractivity contribution is 0.195. The van der Waals surface area contributed by atoms with Gasteiger partial charge in [0.15, 0.2) is 0 Å². The van der Waals surface area contributed by atoms with Gasteiger partial charge in [-0.2, -0.15) is 0 Å². The summed E-state index contributed by atoms with van der Waals surface area (Å²) in [4.78, 5) is 3.98. The molecule has 1 N–H and O–H groups in total. The maximum absolute atomic E-state index is 9.05. The summed E-state index contributed by atoms with van der Waals surface area (Å²) in [5.74, 6) is 0. The van der Waals surface area contributed by atoms with Gasteiger partial charge in [-0.3, -0.25) is 4.98 Å². The topological polar surface area (TPSA) is 33.1 Å². The van der Waals surface area contributed by atoms with Gasteiger partial charge in [-0.05, 0) is 40.9 Å². The molecular formula is C8H10BrNO. The lowest BCUT2D eigenvalue weighted by Crippen LogP contribution is -2.04. The van der Waals surface area contributed by atoms with Gasteiger partial charge in [-0.1, -0.05) is 0 Å². The molecule has 0 amide bonds. The molecule has 0 saturated heterocycles. The van der Waals surface area contributed by atoms with Gasteiger partial charge in [0.05, 0.1) is 6.10 Å². The summed E-state index contributed by atoms with van der Waals surface area (Å²) in [5, 5.41) is 9.05. The molecular weight excluding hydrogens is 206 g/mol. The van der Waals surface area contributed by atoms with Crippen molar-refractivity contribution in [3.8, 4) is 0 Å². The van der Waals surface area contributed by atoms with Crippen LogP contribution in [0.5, 0.6) is 0 Å². The first-order valence-corrected chi connectivity index (χ1v) is 4.25. The predicted molar refractivity (Wildman–Crippen MR) is 47.3 cm³/mol. The summed E-state index contributed by atoms with van der Waals surface area (Å²) in [6, 6.07) is 1.96. The Morgan fingerprint density at radius 2 is 2.36 bits per heavy atom. The Morgan fingerprint density at radius 3 is 2.91 bits per heavy atom. The fraction of sp³-hybridized carbons (Fsp3) is 0.375. The van der Waals surface area contributed by atoms with Crippen LogP contribution in [0.3, 0.4) is 0 Å². The molecule has 1 atom stereocenters. The quantitative estimate of drug-likeness (QED) is 0.817. The van der Waals surface area contributed by atoms with Gasteiger partial charge in [-0.15, -0.1) is 0 Å². The van der Waals surface area contributed by atoms with Crippen LogP contribution < -0.4 is 0 Å². The third-order valence-electron chi connectivity index (χ3n) is 1.29. The number of hydrogen-bond donors (Lipinski definition) is 1. The standard InChI is InChI=1S/C8H10BrNO/c1-6(11)2-7-3-8(9)5-10-4-7/h3-6,11H,2H2,1H3. The molecule has 60 valence electrons. The highest BCUT2D eigenvalue weighted by Crippen LogP contribution is 2.10. The SMILES string of the molecule is CC(O)Cc1cncc(Br)c1. The smallest absolute Gasteiger partial charge is 0.0553 e. The minimum Gasteiger partial charge on any atom is -0.393 e. The zero-order chi connectivity index (χ0) is 8.27. The molecule has 0 fully saturated rings. The monoisotopic (exact) mass is 215 g/mol. The van der Waals surface area contributed by atoms with E-state index in [4.69, 9.17) is 5.11 Å². The molecule has 1 aromatic heterocycles. The van der Waals surface area contributed by atoms with Crippen molar-refractivity contribution in [1.82, 2.24) is 4.98 Å². The second-order valence-electron chi connectivity index (χ2n) is 2.56. The van der Waals surface area contributed by atoms with Crippen LogP contribution in [0, 0.1) is 0 Å². The summed E-state index contributed by atoms with van der Waals surface area (Å²) in [6.07, 6.45) is 3.85. The lowest BCUT2D eigenvalue weighted by Gasteiger charge is -2.02. The van der Waals surface area contributed by atoms with Crippen LogP contribution in [0.4, 0.5) is 0 Å². The molecule has 1 unspecified atom stereocenters. The summed E-state index contributed by atoms with van der Waals surface area (Å²) in [5.41, 5.74) is 1.05. The molecule has 0 aliphatic carbocycles. The van der Waals surface area contributed by atoms with Crippen LogP contribution in [0.1, 0.15) is 12.5 Å². The van der Waals surface area contributed by atoms with Gasteiger partial charge in [0.2, 0.25) is 0 Å². The first-order valence-electron chi connectivity index (χ1n) is 3.46. The van der Waals surface area contributed by atoms with Crippen LogP contribution in [-0.4, -0.2) is 16.2 Å². The molecule has 0 bridgehead atoms. The molecule has 2 nitrogen and oxygen atoms in total. The average molecular weight is 216 g/mol. The van der Waals surface area contributed by atoms with Crippen molar-refractivity contribution in [2.45, 2.75) is 19.4 Å². The van der Waals surface area contributed by atoms with Crippen molar-refractivity contribution < 1.29 is 5.11 Å². The summed E-state index contributed by atoms with van der Waals surface area (Å²) < 4.78 is 0.954. The Balaban J connectivity index is 2.71. The summed E-state index contributed by atoms with van der Waals surface area (Å²) >= 11 is 3.31. The third kappa shape index (κ3) is 2.99. The van der Waals surface area contributed by atoms with Gasteiger partial charge in [-0.25, -0.2) is 0 Å².